The van der Waals surface area contributed by atoms with Crippen LogP contribution in [0.5, 0.6) is 0 Å². The number of nitrogens with zero attached hydrogens (tertiary/aromatic N) is 3. The molecule has 3 aromatic rings. The number of hydrogen-bond donors (Lipinski definition) is 2. The first-order valence-corrected chi connectivity index (χ1v) is 10.2. The average Bonchev–Trinajstić information content (AvgIpc) is 3.18. The van der Waals surface area contributed by atoms with Gasteiger partial charge < -0.3 is 10.6 Å². The van der Waals surface area contributed by atoms with Gasteiger partial charge in [0, 0.05) is 11.4 Å². The number of likely N-dealkylation sites (N-methyl/N-ethyl adjacent to an activating group) is 1. The van der Waals surface area contributed by atoms with E-state index in [-0.39, 0.29) is 23.3 Å². The molecule has 0 bridgehead atoms. The van der Waals surface area contributed by atoms with Gasteiger partial charge in [-0.25, -0.2) is 4.39 Å². The predicted molar refractivity (Wildman–Crippen MR) is 115 cm³/mol. The van der Waals surface area contributed by atoms with Crippen LogP contribution in [-0.2, 0) is 17.8 Å². The van der Waals surface area contributed by atoms with Gasteiger partial charge in [0.25, 0.3) is 5.91 Å². The largest absolute Gasteiger partial charge is 0.325 e. The Labute approximate surface area is 177 Å². The van der Waals surface area contributed by atoms with E-state index in [1.54, 1.807) is 11.9 Å². The van der Waals surface area contributed by atoms with Crippen molar-refractivity contribution in [2.24, 2.45) is 0 Å². The lowest BCUT2D eigenvalue weighted by Crippen LogP contribution is -2.30. The van der Waals surface area contributed by atoms with Crippen LogP contribution in [0.15, 0.2) is 48.5 Å². The quantitative estimate of drug-likeness (QED) is 0.574. The topological polar surface area (TPSA) is 87.2 Å². The third kappa shape index (κ3) is 5.91. The standard InChI is InChI=1S/C21H22FN5O2S/c1-3-14-6-4-5-7-17(14)24-18(28)12-27(2)13-19-25-26-21(30-19)20(29)23-16-10-8-15(22)9-11-16/h4-11H,3,12-13H2,1-2H3,(H,23,29)(H,24,28). The van der Waals surface area contributed by atoms with Gasteiger partial charge in [0.05, 0.1) is 13.1 Å². The first-order chi connectivity index (χ1) is 14.4. The predicted octanol–water partition coefficient (Wildman–Crippen LogP) is 3.56. The highest BCUT2D eigenvalue weighted by molar-refractivity contribution is 7.13. The zero-order valence-corrected chi connectivity index (χ0v) is 17.5. The molecule has 1 aromatic heterocycles. The lowest BCUT2D eigenvalue weighted by molar-refractivity contribution is -0.117. The Bertz CT molecular complexity index is 1020. The van der Waals surface area contributed by atoms with Gasteiger partial charge in [-0.3, -0.25) is 14.5 Å². The number of nitrogens with one attached hydrogen (secondary N) is 2. The molecule has 0 saturated heterocycles. The molecule has 0 radical (unpaired) electrons. The summed E-state index contributed by atoms with van der Waals surface area (Å²) in [4.78, 5) is 26.4. The normalized spacial score (nSPS) is 10.8. The summed E-state index contributed by atoms with van der Waals surface area (Å²) in [6.07, 6.45) is 0.833. The first-order valence-electron chi connectivity index (χ1n) is 9.40. The van der Waals surface area contributed by atoms with E-state index in [1.807, 2.05) is 31.2 Å². The van der Waals surface area contributed by atoms with E-state index in [0.29, 0.717) is 17.2 Å². The Balaban J connectivity index is 1.52. The molecule has 0 unspecified atom stereocenters. The van der Waals surface area contributed by atoms with Crippen molar-refractivity contribution in [3.05, 3.63) is 69.9 Å². The van der Waals surface area contributed by atoms with E-state index >= 15 is 0 Å². The minimum atomic E-state index is -0.415. The molecule has 0 aliphatic rings. The average molecular weight is 428 g/mol. The smallest absolute Gasteiger partial charge is 0.286 e. The Morgan fingerprint density at radius 1 is 1.07 bits per heavy atom. The van der Waals surface area contributed by atoms with Gasteiger partial charge in [-0.15, -0.1) is 10.2 Å². The van der Waals surface area contributed by atoms with Gasteiger partial charge in [-0.05, 0) is 49.4 Å². The minimum absolute atomic E-state index is 0.128. The lowest BCUT2D eigenvalue weighted by atomic mass is 10.1. The Morgan fingerprint density at radius 3 is 2.53 bits per heavy atom. The van der Waals surface area contributed by atoms with E-state index in [2.05, 4.69) is 20.8 Å². The molecule has 0 spiro atoms. The van der Waals surface area contributed by atoms with Gasteiger partial charge >= 0.3 is 0 Å². The third-order valence-electron chi connectivity index (χ3n) is 4.25. The molecule has 0 atom stereocenters. The SMILES string of the molecule is CCc1ccccc1NC(=O)CN(C)Cc1nnc(C(=O)Nc2ccc(F)cc2)s1. The van der Waals surface area contributed by atoms with Gasteiger partial charge in [0.2, 0.25) is 10.9 Å². The fourth-order valence-corrected chi connectivity index (χ4v) is 3.61. The second kappa shape index (κ2) is 10.0. The Morgan fingerprint density at radius 2 is 1.80 bits per heavy atom. The summed E-state index contributed by atoms with van der Waals surface area (Å²) in [7, 11) is 1.80. The number of carbonyl (C=O) groups excluding carboxylic acids is 2. The molecule has 156 valence electrons. The van der Waals surface area contributed by atoms with Crippen molar-refractivity contribution in [2.45, 2.75) is 19.9 Å². The van der Waals surface area contributed by atoms with E-state index in [9.17, 15) is 14.0 Å². The maximum atomic E-state index is 13.0. The molecule has 0 aliphatic heterocycles. The lowest BCUT2D eigenvalue weighted by Gasteiger charge is -2.15. The van der Waals surface area contributed by atoms with Crippen LogP contribution in [0.2, 0.25) is 0 Å². The zero-order chi connectivity index (χ0) is 21.5. The molecule has 2 amide bonds. The number of anilines is 2. The molecule has 0 saturated carbocycles. The summed E-state index contributed by atoms with van der Waals surface area (Å²) >= 11 is 1.15. The van der Waals surface area contributed by atoms with Crippen LogP contribution in [0, 0.1) is 5.82 Å². The monoisotopic (exact) mass is 427 g/mol. The molecule has 2 aromatic carbocycles. The van der Waals surface area contributed by atoms with Crippen LogP contribution in [0.1, 0.15) is 27.3 Å². The van der Waals surface area contributed by atoms with Crippen molar-refractivity contribution in [1.29, 1.82) is 0 Å². The van der Waals surface area contributed by atoms with E-state index in [0.717, 1.165) is 29.0 Å². The summed E-state index contributed by atoms with van der Waals surface area (Å²) in [5, 5.41) is 14.3. The highest BCUT2D eigenvalue weighted by Crippen LogP contribution is 2.17. The summed E-state index contributed by atoms with van der Waals surface area (Å²) in [6.45, 7) is 2.59. The summed E-state index contributed by atoms with van der Waals surface area (Å²) in [5.41, 5.74) is 2.36. The number of rotatable bonds is 8. The zero-order valence-electron chi connectivity index (χ0n) is 16.7. The number of aryl methyl sites for hydroxylation is 1. The highest BCUT2D eigenvalue weighted by atomic mass is 32.1. The molecule has 7 nitrogen and oxygen atoms in total. The number of halogens is 1. The number of amides is 2. The number of benzene rings is 2. The Kier molecular flexibility index (Phi) is 7.21. The van der Waals surface area contributed by atoms with E-state index in [4.69, 9.17) is 0 Å². The molecular formula is C21H22FN5O2S. The first kappa shape index (κ1) is 21.5. The van der Waals surface area contributed by atoms with Gasteiger partial charge in [-0.1, -0.05) is 36.5 Å². The van der Waals surface area contributed by atoms with Gasteiger partial charge in [-0.2, -0.15) is 0 Å². The minimum Gasteiger partial charge on any atom is -0.325 e. The van der Waals surface area contributed by atoms with E-state index in [1.165, 1.54) is 24.3 Å². The number of aromatic nitrogens is 2. The van der Waals surface area contributed by atoms with Crippen LogP contribution in [-0.4, -0.2) is 40.5 Å². The second-order valence-electron chi connectivity index (χ2n) is 6.69. The van der Waals surface area contributed by atoms with Crippen LogP contribution < -0.4 is 10.6 Å². The van der Waals surface area contributed by atoms with Crippen molar-refractivity contribution in [3.8, 4) is 0 Å². The van der Waals surface area contributed by atoms with Gasteiger partial charge in [0.1, 0.15) is 10.8 Å². The summed E-state index contributed by atoms with van der Waals surface area (Å²) in [6, 6.07) is 13.2. The van der Waals surface area contributed by atoms with Crippen LogP contribution >= 0.6 is 11.3 Å². The Hall–Kier alpha value is -3.17. The molecule has 2 N–H and O–H groups in total. The maximum absolute atomic E-state index is 13.0. The van der Waals surface area contributed by atoms with Crippen molar-refractivity contribution in [1.82, 2.24) is 15.1 Å². The highest BCUT2D eigenvalue weighted by Gasteiger charge is 2.16. The van der Waals surface area contributed by atoms with Crippen molar-refractivity contribution in [3.63, 3.8) is 0 Å². The van der Waals surface area contributed by atoms with E-state index < -0.39 is 5.91 Å². The molecule has 9 heteroatoms. The van der Waals surface area contributed by atoms with Crippen LogP contribution in [0.25, 0.3) is 0 Å². The fraction of sp³-hybridized carbons (Fsp3) is 0.238. The number of hydrogen-bond acceptors (Lipinski definition) is 6. The number of para-hydroxylation sites is 1. The summed E-state index contributed by atoms with van der Waals surface area (Å²) in [5.74, 6) is -0.921. The second-order valence-corrected chi connectivity index (χ2v) is 7.76. The fourth-order valence-electron chi connectivity index (χ4n) is 2.80. The van der Waals surface area contributed by atoms with Crippen molar-refractivity contribution < 1.29 is 14.0 Å². The van der Waals surface area contributed by atoms with Crippen molar-refractivity contribution in [2.75, 3.05) is 24.2 Å². The molecule has 1 heterocycles. The van der Waals surface area contributed by atoms with Crippen molar-refractivity contribution >= 4 is 34.5 Å². The molecule has 30 heavy (non-hydrogen) atoms. The molecule has 0 aliphatic carbocycles. The molecule has 3 rings (SSSR count). The molecule has 0 fully saturated rings. The molecular weight excluding hydrogens is 405 g/mol. The summed E-state index contributed by atoms with van der Waals surface area (Å²) < 4.78 is 13.0. The third-order valence-corrected chi connectivity index (χ3v) is 5.16. The maximum Gasteiger partial charge on any atom is 0.286 e. The van der Waals surface area contributed by atoms with Gasteiger partial charge in [0.15, 0.2) is 0 Å². The van der Waals surface area contributed by atoms with Crippen LogP contribution in [0.3, 0.4) is 0 Å². The number of carbonyl (C=O) groups is 2. The van der Waals surface area contributed by atoms with Crippen LogP contribution in [0.4, 0.5) is 15.8 Å².